The molecule has 4 aromatic rings. The molecule has 3 aromatic carbocycles. The van der Waals surface area contributed by atoms with Gasteiger partial charge in [-0.1, -0.05) is 42.5 Å². The standard InChI is InChI=1S/C34H40N6O5Si/c1-22-31(46(2,3)44)30(16-18-39-21-27(17-19-41)37-38-39)45-34(22)28-6-4-5-7-29(28)40(33(34)43)20-23-8-14-26(15-9-23)36-32(42)24-10-12-25(35)13-11-24/h4-15,21-22,30-31,41,44H,16-20,35H2,1-3H3,(H,36,42)/t22-,30+,31-,34+/m0/s1. The highest BCUT2D eigenvalue weighted by atomic mass is 28.4. The van der Waals surface area contributed by atoms with Gasteiger partial charge in [0.1, 0.15) is 0 Å². The van der Waals surface area contributed by atoms with Crippen LogP contribution in [0.3, 0.4) is 0 Å². The van der Waals surface area contributed by atoms with Gasteiger partial charge in [0.05, 0.1) is 24.0 Å². The third-order valence-corrected chi connectivity index (χ3v) is 11.7. The molecule has 6 rings (SSSR count). The number of hydrogen-bond donors (Lipinski definition) is 4. The maximum atomic E-state index is 14.6. The van der Waals surface area contributed by atoms with Crippen LogP contribution in [0.2, 0.25) is 18.6 Å². The molecule has 0 saturated carbocycles. The molecule has 1 fully saturated rings. The van der Waals surface area contributed by atoms with Crippen LogP contribution in [-0.2, 0) is 34.6 Å². The Bertz CT molecular complexity index is 1720. The van der Waals surface area contributed by atoms with Crippen molar-refractivity contribution < 1.29 is 24.2 Å². The highest BCUT2D eigenvalue weighted by Crippen LogP contribution is 2.59. The van der Waals surface area contributed by atoms with Gasteiger partial charge in [-0.2, -0.15) is 0 Å². The van der Waals surface area contributed by atoms with Gasteiger partial charge in [0.2, 0.25) is 0 Å². The summed E-state index contributed by atoms with van der Waals surface area (Å²) in [4.78, 5) is 40.5. The van der Waals surface area contributed by atoms with Crippen LogP contribution in [0.4, 0.5) is 17.1 Å². The second-order valence-electron chi connectivity index (χ2n) is 12.8. The lowest BCUT2D eigenvalue weighted by Gasteiger charge is -2.32. The molecule has 1 spiro atoms. The van der Waals surface area contributed by atoms with Crippen LogP contribution in [0.25, 0.3) is 0 Å². The van der Waals surface area contributed by atoms with E-state index in [1.165, 1.54) is 0 Å². The first-order valence-electron chi connectivity index (χ1n) is 15.6. The molecular weight excluding hydrogens is 600 g/mol. The molecule has 0 radical (unpaired) electrons. The predicted molar refractivity (Wildman–Crippen MR) is 177 cm³/mol. The van der Waals surface area contributed by atoms with E-state index in [4.69, 9.17) is 10.5 Å². The maximum Gasteiger partial charge on any atom is 0.264 e. The lowest BCUT2D eigenvalue weighted by atomic mass is 9.82. The molecule has 11 nitrogen and oxygen atoms in total. The van der Waals surface area contributed by atoms with Crippen LogP contribution in [-0.4, -0.2) is 57.7 Å². The second kappa shape index (κ2) is 12.4. The molecule has 46 heavy (non-hydrogen) atoms. The van der Waals surface area contributed by atoms with Gasteiger partial charge in [-0.15, -0.1) is 5.10 Å². The largest absolute Gasteiger partial charge is 0.432 e. The highest BCUT2D eigenvalue weighted by molar-refractivity contribution is 6.71. The highest BCUT2D eigenvalue weighted by Gasteiger charge is 2.66. The number of carbonyl (C=O) groups excluding carboxylic acids is 2. The lowest BCUT2D eigenvalue weighted by Crippen LogP contribution is -2.46. The van der Waals surface area contributed by atoms with E-state index >= 15 is 0 Å². The number of para-hydroxylation sites is 1. The summed E-state index contributed by atoms with van der Waals surface area (Å²) in [6.07, 6.45) is 2.43. The minimum absolute atomic E-state index is 0.0000865. The number of anilines is 3. The van der Waals surface area contributed by atoms with E-state index < -0.39 is 13.9 Å². The number of fused-ring (bicyclic) bond motifs is 2. The Kier molecular flexibility index (Phi) is 8.55. The molecular formula is C34H40N6O5Si. The number of hydrogen-bond acceptors (Lipinski definition) is 8. The Hall–Kier alpha value is -4.36. The molecule has 240 valence electrons. The van der Waals surface area contributed by atoms with Crippen LogP contribution < -0.4 is 16.0 Å². The zero-order valence-electron chi connectivity index (χ0n) is 26.3. The van der Waals surface area contributed by atoms with E-state index in [1.54, 1.807) is 33.8 Å². The van der Waals surface area contributed by atoms with Crippen molar-refractivity contribution in [2.75, 3.05) is 22.6 Å². The van der Waals surface area contributed by atoms with Crippen LogP contribution in [0.15, 0.2) is 79.0 Å². The topological polar surface area (TPSA) is 156 Å². The fourth-order valence-corrected chi connectivity index (χ4v) is 9.71. The van der Waals surface area contributed by atoms with E-state index in [-0.39, 0.29) is 36.0 Å². The van der Waals surface area contributed by atoms with E-state index in [0.717, 1.165) is 16.8 Å². The second-order valence-corrected chi connectivity index (χ2v) is 16.8. The number of aryl methyl sites for hydroxylation is 1. The number of nitrogen functional groups attached to an aromatic ring is 1. The number of amides is 2. The number of ether oxygens (including phenoxy) is 1. The van der Waals surface area contributed by atoms with Gasteiger partial charge < -0.3 is 30.6 Å². The fraction of sp³-hybridized carbons (Fsp3) is 0.353. The zero-order chi connectivity index (χ0) is 32.6. The number of aliphatic hydroxyl groups is 1. The number of aliphatic hydroxyl groups excluding tert-OH is 1. The van der Waals surface area contributed by atoms with E-state index in [2.05, 4.69) is 15.6 Å². The van der Waals surface area contributed by atoms with Crippen LogP contribution in [0.5, 0.6) is 0 Å². The van der Waals surface area contributed by atoms with Crippen LogP contribution >= 0.6 is 0 Å². The predicted octanol–water partition coefficient (Wildman–Crippen LogP) is 4.08. The quantitative estimate of drug-likeness (QED) is 0.149. The SMILES string of the molecule is C[C@H]1[C@H]([Si](C)(C)O)[C@@H](CCn2cc(CCO)nn2)O[C@]12C(=O)N(Cc1ccc(NC(=O)c3ccc(N)cc3)cc1)c1ccccc12. The average molecular weight is 641 g/mol. The van der Waals surface area contributed by atoms with Crippen molar-refractivity contribution in [2.45, 2.75) is 63.2 Å². The van der Waals surface area contributed by atoms with Gasteiger partial charge in [0.15, 0.2) is 13.9 Å². The Balaban J connectivity index is 1.23. The first kappa shape index (κ1) is 31.6. The lowest BCUT2D eigenvalue weighted by molar-refractivity contribution is -0.146. The van der Waals surface area contributed by atoms with Gasteiger partial charge in [0.25, 0.3) is 11.8 Å². The Morgan fingerprint density at radius 1 is 1.09 bits per heavy atom. The summed E-state index contributed by atoms with van der Waals surface area (Å²) in [6.45, 7) is 6.68. The molecule has 0 aliphatic carbocycles. The number of nitrogens with two attached hydrogens (primary N) is 1. The van der Waals surface area contributed by atoms with Crippen molar-refractivity contribution in [3.05, 3.63) is 101 Å². The van der Waals surface area contributed by atoms with Gasteiger partial charge in [-0.3, -0.25) is 14.3 Å². The first-order chi connectivity index (χ1) is 22.0. The van der Waals surface area contributed by atoms with Gasteiger partial charge in [0, 0.05) is 59.7 Å². The molecule has 4 atom stereocenters. The monoisotopic (exact) mass is 640 g/mol. The molecule has 0 unspecified atom stereocenters. The molecule has 0 bridgehead atoms. The van der Waals surface area contributed by atoms with E-state index in [0.29, 0.717) is 48.6 Å². The average Bonchev–Trinajstić information content (AvgIpc) is 3.67. The van der Waals surface area contributed by atoms with Crippen molar-refractivity contribution in [1.82, 2.24) is 15.0 Å². The molecule has 5 N–H and O–H groups in total. The summed E-state index contributed by atoms with van der Waals surface area (Å²) < 4.78 is 8.61. The molecule has 2 aliphatic rings. The maximum absolute atomic E-state index is 14.6. The van der Waals surface area contributed by atoms with Gasteiger partial charge >= 0.3 is 0 Å². The zero-order valence-corrected chi connectivity index (χ0v) is 27.3. The minimum atomic E-state index is -2.80. The fourth-order valence-electron chi connectivity index (χ4n) is 7.11. The summed E-state index contributed by atoms with van der Waals surface area (Å²) in [5.74, 6) is -0.646. The number of carbonyl (C=O) groups is 2. The molecule has 2 amide bonds. The van der Waals surface area contributed by atoms with E-state index in [9.17, 15) is 19.5 Å². The smallest absolute Gasteiger partial charge is 0.264 e. The molecule has 1 aromatic heterocycles. The Morgan fingerprint density at radius 3 is 2.50 bits per heavy atom. The molecule has 12 heteroatoms. The summed E-state index contributed by atoms with van der Waals surface area (Å²) in [5.41, 5.74) is 9.26. The van der Waals surface area contributed by atoms with Crippen molar-refractivity contribution in [3.63, 3.8) is 0 Å². The molecule has 2 aliphatic heterocycles. The molecule has 1 saturated heterocycles. The number of rotatable bonds is 10. The normalized spacial score (nSPS) is 22.4. The summed E-state index contributed by atoms with van der Waals surface area (Å²) in [6, 6.07) is 21.9. The minimum Gasteiger partial charge on any atom is -0.432 e. The van der Waals surface area contributed by atoms with Crippen molar-refractivity contribution >= 4 is 37.2 Å². The Morgan fingerprint density at radius 2 is 1.80 bits per heavy atom. The Labute approximate surface area is 269 Å². The van der Waals surface area contributed by atoms with Gasteiger partial charge in [-0.25, -0.2) is 0 Å². The number of aromatic nitrogens is 3. The number of nitrogens with one attached hydrogen (secondary N) is 1. The summed E-state index contributed by atoms with van der Waals surface area (Å²) >= 11 is 0. The van der Waals surface area contributed by atoms with Crippen molar-refractivity contribution in [2.24, 2.45) is 5.92 Å². The molecule has 3 heterocycles. The van der Waals surface area contributed by atoms with Crippen molar-refractivity contribution in [1.29, 1.82) is 0 Å². The van der Waals surface area contributed by atoms with Gasteiger partial charge in [-0.05, 0) is 67.5 Å². The number of benzene rings is 3. The third kappa shape index (κ3) is 5.84. The summed E-state index contributed by atoms with van der Waals surface area (Å²) in [5, 5.41) is 20.4. The summed E-state index contributed by atoms with van der Waals surface area (Å²) in [7, 11) is -2.80. The number of nitrogens with zero attached hydrogens (tertiary/aromatic N) is 4. The third-order valence-electron chi connectivity index (χ3n) is 9.21. The van der Waals surface area contributed by atoms with E-state index in [1.807, 2.05) is 74.7 Å². The first-order valence-corrected chi connectivity index (χ1v) is 18.6. The van der Waals surface area contributed by atoms with Crippen LogP contribution in [0, 0.1) is 5.92 Å². The van der Waals surface area contributed by atoms with Crippen LogP contribution in [0.1, 0.15) is 40.5 Å². The van der Waals surface area contributed by atoms with Crippen molar-refractivity contribution in [3.8, 4) is 0 Å².